The van der Waals surface area contributed by atoms with E-state index >= 15 is 0 Å². The van der Waals surface area contributed by atoms with Gasteiger partial charge in [-0.05, 0) is 23.7 Å². The summed E-state index contributed by atoms with van der Waals surface area (Å²) in [6.07, 6.45) is 3.34. The molecule has 9 heteroatoms. The van der Waals surface area contributed by atoms with Crippen LogP contribution in [0, 0.1) is 0 Å². The lowest BCUT2D eigenvalue weighted by atomic mass is 10.2. The summed E-state index contributed by atoms with van der Waals surface area (Å²) < 4.78 is 9.40. The molecule has 0 aromatic carbocycles. The molecule has 0 atom stereocenters. The smallest absolute Gasteiger partial charge is 0.275 e. The Morgan fingerprint density at radius 3 is 3.17 bits per heavy atom. The van der Waals surface area contributed by atoms with Crippen molar-refractivity contribution in [2.45, 2.75) is 19.7 Å². The highest BCUT2D eigenvalue weighted by Crippen LogP contribution is 2.26. The number of nitrogens with one attached hydrogen (secondary N) is 1. The number of aromatic amines is 1. The predicted molar refractivity (Wildman–Crippen MR) is 80.6 cm³/mol. The zero-order chi connectivity index (χ0) is 15.6. The van der Waals surface area contributed by atoms with Gasteiger partial charge >= 0.3 is 0 Å². The number of H-pyrrole nitrogens is 1. The maximum Gasteiger partial charge on any atom is 0.275 e. The Kier molecular flexibility index (Phi) is 3.46. The first-order valence-corrected chi connectivity index (χ1v) is 7.79. The summed E-state index contributed by atoms with van der Waals surface area (Å²) in [5.74, 6) is 0.561. The number of carbonyl (C=O) groups excluding carboxylic acids is 1. The molecule has 0 radical (unpaired) electrons. The second kappa shape index (κ2) is 5.76. The number of rotatable bonds is 4. The number of ether oxygens (including phenoxy) is 1. The summed E-state index contributed by atoms with van der Waals surface area (Å²) in [6.45, 7) is 1.32. The maximum absolute atomic E-state index is 12.3. The third kappa shape index (κ3) is 2.66. The monoisotopic (exact) mass is 328 g/mol. The van der Waals surface area contributed by atoms with Gasteiger partial charge < -0.3 is 9.64 Å². The molecule has 1 N–H and O–H groups in total. The normalized spacial score (nSPS) is 13.1. The lowest BCUT2D eigenvalue weighted by Gasteiger charge is -2.13. The number of nitrogens with zero attached hydrogens (tertiary/aromatic N) is 5. The van der Waals surface area contributed by atoms with Gasteiger partial charge in [-0.3, -0.25) is 14.9 Å². The zero-order valence-corrected chi connectivity index (χ0v) is 12.8. The molecule has 3 aromatic heterocycles. The van der Waals surface area contributed by atoms with Crippen LogP contribution in [0.2, 0.25) is 0 Å². The summed E-state index contributed by atoms with van der Waals surface area (Å²) >= 11 is 1.17. The van der Waals surface area contributed by atoms with Crippen molar-refractivity contribution in [3.05, 3.63) is 52.6 Å². The molecule has 116 valence electrons. The molecule has 23 heavy (non-hydrogen) atoms. The molecule has 1 aliphatic heterocycles. The Hall–Kier alpha value is -2.81. The Labute approximate surface area is 135 Å². The maximum atomic E-state index is 12.3. The summed E-state index contributed by atoms with van der Waals surface area (Å²) in [5, 5.41) is 12.7. The fourth-order valence-corrected chi connectivity index (χ4v) is 2.90. The van der Waals surface area contributed by atoms with Crippen LogP contribution in [0.4, 0.5) is 0 Å². The number of pyridine rings is 1. The third-order valence-corrected chi connectivity index (χ3v) is 4.12. The molecule has 4 rings (SSSR count). The van der Waals surface area contributed by atoms with Crippen LogP contribution in [-0.4, -0.2) is 35.6 Å². The van der Waals surface area contributed by atoms with Gasteiger partial charge in [0.05, 0.1) is 25.0 Å². The second-order valence-corrected chi connectivity index (χ2v) is 5.67. The van der Waals surface area contributed by atoms with Crippen LogP contribution < -0.4 is 4.74 Å². The standard InChI is InChI=1S/C14H12N6O2S/c21-14(13-8-23-19-18-13)20-5-10-11(6-20)16-17-12(10)7-22-9-2-1-3-15-4-9/h1-4,8H,5-7H2,(H,16,17). The predicted octanol–water partition coefficient (Wildman–Crippen LogP) is 1.39. The van der Waals surface area contributed by atoms with Crippen molar-refractivity contribution in [2.75, 3.05) is 0 Å². The van der Waals surface area contributed by atoms with Crippen LogP contribution in [0.5, 0.6) is 5.75 Å². The fraction of sp³-hybridized carbons (Fsp3) is 0.214. The average Bonchev–Trinajstić information content (AvgIpc) is 3.30. The van der Waals surface area contributed by atoms with E-state index in [0.717, 1.165) is 17.0 Å². The van der Waals surface area contributed by atoms with Gasteiger partial charge in [0.25, 0.3) is 5.91 Å². The number of amides is 1. The molecular formula is C14H12N6O2S. The minimum absolute atomic E-state index is 0.123. The molecule has 8 nitrogen and oxygen atoms in total. The molecule has 1 amide bonds. The van der Waals surface area contributed by atoms with E-state index < -0.39 is 0 Å². The van der Waals surface area contributed by atoms with Gasteiger partial charge in [0.1, 0.15) is 18.1 Å². The molecular weight excluding hydrogens is 316 g/mol. The quantitative estimate of drug-likeness (QED) is 0.777. The van der Waals surface area contributed by atoms with Crippen LogP contribution in [-0.2, 0) is 19.7 Å². The van der Waals surface area contributed by atoms with Crippen molar-refractivity contribution in [3.8, 4) is 5.75 Å². The third-order valence-electron chi connectivity index (χ3n) is 3.61. The lowest BCUT2D eigenvalue weighted by Crippen LogP contribution is -2.26. The summed E-state index contributed by atoms with van der Waals surface area (Å²) in [4.78, 5) is 18.0. The SMILES string of the molecule is O=C(c1csnn1)N1Cc2[nH]nc(COc3cccnc3)c2C1. The average molecular weight is 328 g/mol. The summed E-state index contributed by atoms with van der Waals surface area (Å²) in [7, 11) is 0. The topological polar surface area (TPSA) is 96.9 Å². The first kappa shape index (κ1) is 13.8. The molecule has 0 bridgehead atoms. The fourth-order valence-electron chi connectivity index (χ4n) is 2.47. The van der Waals surface area contributed by atoms with Crippen molar-refractivity contribution in [1.29, 1.82) is 0 Å². The number of carbonyl (C=O) groups is 1. The highest BCUT2D eigenvalue weighted by molar-refractivity contribution is 7.03. The molecule has 0 saturated carbocycles. The first-order valence-electron chi connectivity index (χ1n) is 6.95. The van der Waals surface area contributed by atoms with E-state index in [1.54, 1.807) is 22.7 Å². The first-order chi connectivity index (χ1) is 11.3. The van der Waals surface area contributed by atoms with Crippen molar-refractivity contribution in [3.63, 3.8) is 0 Å². The molecule has 1 aliphatic rings. The van der Waals surface area contributed by atoms with Gasteiger partial charge in [-0.15, -0.1) is 5.10 Å². The molecule has 3 aromatic rings. The molecule has 0 fully saturated rings. The minimum atomic E-state index is -0.123. The van der Waals surface area contributed by atoms with Gasteiger partial charge in [-0.1, -0.05) is 4.49 Å². The van der Waals surface area contributed by atoms with Crippen LogP contribution in [0.15, 0.2) is 29.9 Å². The summed E-state index contributed by atoms with van der Waals surface area (Å²) in [5.41, 5.74) is 3.12. The van der Waals surface area contributed by atoms with E-state index in [0.29, 0.717) is 31.1 Å². The van der Waals surface area contributed by atoms with Crippen molar-refractivity contribution >= 4 is 17.4 Å². The molecule has 0 aliphatic carbocycles. The van der Waals surface area contributed by atoms with Crippen molar-refractivity contribution in [2.24, 2.45) is 0 Å². The molecule has 0 spiro atoms. The van der Waals surface area contributed by atoms with Crippen LogP contribution in [0.1, 0.15) is 27.4 Å². The van der Waals surface area contributed by atoms with E-state index in [1.165, 1.54) is 11.5 Å². The minimum Gasteiger partial charge on any atom is -0.486 e. The van der Waals surface area contributed by atoms with Crippen LogP contribution in [0.25, 0.3) is 0 Å². The van der Waals surface area contributed by atoms with Crippen molar-refractivity contribution < 1.29 is 9.53 Å². The molecule has 0 saturated heterocycles. The lowest BCUT2D eigenvalue weighted by molar-refractivity contribution is 0.0743. The second-order valence-electron chi connectivity index (χ2n) is 5.06. The van der Waals surface area contributed by atoms with Gasteiger partial charge in [0, 0.05) is 17.1 Å². The molecule has 4 heterocycles. The van der Waals surface area contributed by atoms with E-state index in [2.05, 4.69) is 24.8 Å². The number of aromatic nitrogens is 5. The van der Waals surface area contributed by atoms with E-state index in [1.807, 2.05) is 12.1 Å². The number of hydrogen-bond acceptors (Lipinski definition) is 7. The number of fused-ring (bicyclic) bond motifs is 1. The Bertz CT molecular complexity index is 817. The van der Waals surface area contributed by atoms with E-state index in [4.69, 9.17) is 4.74 Å². The Morgan fingerprint density at radius 1 is 1.43 bits per heavy atom. The van der Waals surface area contributed by atoms with Gasteiger partial charge in [0.2, 0.25) is 0 Å². The van der Waals surface area contributed by atoms with E-state index in [-0.39, 0.29) is 5.91 Å². The van der Waals surface area contributed by atoms with Gasteiger partial charge in [-0.2, -0.15) is 5.10 Å². The van der Waals surface area contributed by atoms with Crippen LogP contribution >= 0.6 is 11.5 Å². The van der Waals surface area contributed by atoms with Gasteiger partial charge in [-0.25, -0.2) is 0 Å². The Morgan fingerprint density at radius 2 is 2.39 bits per heavy atom. The van der Waals surface area contributed by atoms with Crippen LogP contribution in [0.3, 0.4) is 0 Å². The highest BCUT2D eigenvalue weighted by Gasteiger charge is 2.29. The van der Waals surface area contributed by atoms with Crippen molar-refractivity contribution in [1.82, 2.24) is 29.7 Å². The number of hydrogen-bond donors (Lipinski definition) is 1. The van der Waals surface area contributed by atoms with Gasteiger partial charge in [0.15, 0.2) is 5.69 Å². The summed E-state index contributed by atoms with van der Waals surface area (Å²) in [6, 6.07) is 3.65. The largest absolute Gasteiger partial charge is 0.486 e. The zero-order valence-electron chi connectivity index (χ0n) is 12.0. The highest BCUT2D eigenvalue weighted by atomic mass is 32.1. The molecule has 0 unspecified atom stereocenters. The Balaban J connectivity index is 1.46. The van der Waals surface area contributed by atoms with E-state index in [9.17, 15) is 4.79 Å².